The van der Waals surface area contributed by atoms with E-state index in [2.05, 4.69) is 16.7 Å². The lowest BCUT2D eigenvalue weighted by atomic mass is 10.0. The highest BCUT2D eigenvalue weighted by Gasteiger charge is 2.15. The van der Waals surface area contributed by atoms with Gasteiger partial charge in [-0.15, -0.1) is 0 Å². The van der Waals surface area contributed by atoms with Crippen molar-refractivity contribution in [1.82, 2.24) is 5.32 Å². The molecule has 0 atom stereocenters. The first kappa shape index (κ1) is 13.3. The Morgan fingerprint density at radius 1 is 1.38 bits per heavy atom. The summed E-state index contributed by atoms with van der Waals surface area (Å²) in [5, 5.41) is 7.51. The molecule has 16 heavy (non-hydrogen) atoms. The first-order valence-electron chi connectivity index (χ1n) is 5.96. The Morgan fingerprint density at radius 2 is 2.06 bits per heavy atom. The molecule has 0 spiro atoms. The van der Waals surface area contributed by atoms with Gasteiger partial charge in [-0.05, 0) is 30.7 Å². The molecular weight excluding hydrogens is 220 g/mol. The first-order valence-corrected chi connectivity index (χ1v) is 6.34. The topological polar surface area (TPSA) is 24.1 Å². The van der Waals surface area contributed by atoms with Crippen LogP contribution in [0.4, 0.5) is 5.69 Å². The molecular formula is C13H21ClN2. The third kappa shape index (κ3) is 3.69. The van der Waals surface area contributed by atoms with E-state index in [0.717, 1.165) is 36.1 Å². The summed E-state index contributed by atoms with van der Waals surface area (Å²) in [5.74, 6) is 0.783. The molecule has 90 valence electrons. The van der Waals surface area contributed by atoms with Crippen molar-refractivity contribution in [3.8, 4) is 0 Å². The normalized spacial score (nSPS) is 14.8. The summed E-state index contributed by atoms with van der Waals surface area (Å²) in [6, 6.07) is 6.06. The van der Waals surface area contributed by atoms with Crippen molar-refractivity contribution in [1.29, 1.82) is 0 Å². The molecule has 1 aromatic rings. The molecule has 0 aliphatic carbocycles. The molecule has 1 heterocycles. The molecule has 0 radical (unpaired) electrons. The number of aryl methyl sites for hydroxylation is 1. The van der Waals surface area contributed by atoms with Crippen LogP contribution in [0.5, 0.6) is 0 Å². The van der Waals surface area contributed by atoms with E-state index in [1.807, 2.05) is 32.9 Å². The van der Waals surface area contributed by atoms with Crippen molar-refractivity contribution in [3.05, 3.63) is 28.8 Å². The van der Waals surface area contributed by atoms with Gasteiger partial charge >= 0.3 is 0 Å². The summed E-state index contributed by atoms with van der Waals surface area (Å²) in [7, 11) is 0. The van der Waals surface area contributed by atoms with E-state index in [4.69, 9.17) is 11.6 Å². The molecule has 0 aromatic heterocycles. The zero-order chi connectivity index (χ0) is 12.0. The van der Waals surface area contributed by atoms with E-state index in [-0.39, 0.29) is 0 Å². The summed E-state index contributed by atoms with van der Waals surface area (Å²) in [5.41, 5.74) is 2.29. The lowest BCUT2D eigenvalue weighted by Crippen LogP contribution is -2.45. The number of benzene rings is 1. The minimum absolute atomic E-state index is 0.783. The second kappa shape index (κ2) is 6.77. The number of rotatable bonds is 3. The fourth-order valence-electron chi connectivity index (χ4n) is 1.51. The summed E-state index contributed by atoms with van der Waals surface area (Å²) in [6.45, 7) is 9.35. The summed E-state index contributed by atoms with van der Waals surface area (Å²) in [4.78, 5) is 0. The van der Waals surface area contributed by atoms with Crippen LogP contribution < -0.4 is 10.6 Å². The standard InChI is InChI=1S/C11H15ClN2.C2H6/c1-8-4-10(2-3-11(8)12)14-7-9-5-13-6-9;1-2/h2-4,9,13-14H,5-7H2,1H3;1-2H3. The van der Waals surface area contributed by atoms with Gasteiger partial charge in [-0.25, -0.2) is 0 Å². The van der Waals surface area contributed by atoms with Crippen LogP contribution >= 0.6 is 11.6 Å². The second-order valence-corrected chi connectivity index (χ2v) is 4.28. The fourth-order valence-corrected chi connectivity index (χ4v) is 1.63. The van der Waals surface area contributed by atoms with Crippen LogP contribution in [0.2, 0.25) is 5.02 Å². The van der Waals surface area contributed by atoms with Gasteiger partial charge in [0.05, 0.1) is 0 Å². The highest BCUT2D eigenvalue weighted by Crippen LogP contribution is 2.19. The first-order chi connectivity index (χ1) is 7.75. The molecule has 1 aliphatic heterocycles. The van der Waals surface area contributed by atoms with Gasteiger partial charge < -0.3 is 10.6 Å². The van der Waals surface area contributed by atoms with Gasteiger partial charge in [-0.1, -0.05) is 25.4 Å². The van der Waals surface area contributed by atoms with E-state index in [1.54, 1.807) is 0 Å². The molecule has 0 amide bonds. The Balaban J connectivity index is 0.000000606. The van der Waals surface area contributed by atoms with Gasteiger partial charge in [-0.3, -0.25) is 0 Å². The van der Waals surface area contributed by atoms with Crippen LogP contribution in [0, 0.1) is 12.8 Å². The summed E-state index contributed by atoms with van der Waals surface area (Å²) >= 11 is 5.94. The quantitative estimate of drug-likeness (QED) is 0.847. The number of hydrogen-bond acceptors (Lipinski definition) is 2. The SMILES string of the molecule is CC.Cc1cc(NCC2CNC2)ccc1Cl. The Labute approximate surface area is 103 Å². The highest BCUT2D eigenvalue weighted by atomic mass is 35.5. The van der Waals surface area contributed by atoms with Crippen molar-refractivity contribution in [2.75, 3.05) is 25.0 Å². The summed E-state index contributed by atoms with van der Waals surface area (Å²) < 4.78 is 0. The predicted octanol–water partition coefficient (Wildman–Crippen LogP) is 3.31. The Morgan fingerprint density at radius 3 is 2.56 bits per heavy atom. The van der Waals surface area contributed by atoms with Crippen LogP contribution in [0.3, 0.4) is 0 Å². The van der Waals surface area contributed by atoms with E-state index in [0.29, 0.717) is 0 Å². The van der Waals surface area contributed by atoms with Gasteiger partial charge in [-0.2, -0.15) is 0 Å². The molecule has 3 heteroatoms. The third-order valence-corrected chi connectivity index (χ3v) is 3.04. The van der Waals surface area contributed by atoms with Gasteiger partial charge in [0.15, 0.2) is 0 Å². The van der Waals surface area contributed by atoms with E-state index in [1.165, 1.54) is 5.69 Å². The average molecular weight is 241 g/mol. The fraction of sp³-hybridized carbons (Fsp3) is 0.538. The van der Waals surface area contributed by atoms with Crippen LogP contribution in [0.1, 0.15) is 19.4 Å². The number of halogens is 1. The molecule has 2 rings (SSSR count). The second-order valence-electron chi connectivity index (χ2n) is 3.87. The smallest absolute Gasteiger partial charge is 0.0436 e. The zero-order valence-electron chi connectivity index (χ0n) is 10.3. The molecule has 1 aliphatic rings. The molecule has 2 N–H and O–H groups in total. The molecule has 2 nitrogen and oxygen atoms in total. The van der Waals surface area contributed by atoms with E-state index in [9.17, 15) is 0 Å². The highest BCUT2D eigenvalue weighted by molar-refractivity contribution is 6.31. The predicted molar refractivity (Wildman–Crippen MR) is 72.4 cm³/mol. The van der Waals surface area contributed by atoms with Crippen molar-refractivity contribution in [2.45, 2.75) is 20.8 Å². The van der Waals surface area contributed by atoms with Crippen LogP contribution in [0.15, 0.2) is 18.2 Å². The Kier molecular flexibility index (Phi) is 5.64. The van der Waals surface area contributed by atoms with Crippen LogP contribution in [0.25, 0.3) is 0 Å². The maximum atomic E-state index is 5.94. The molecule has 0 unspecified atom stereocenters. The lowest BCUT2D eigenvalue weighted by molar-refractivity contribution is 0.365. The van der Waals surface area contributed by atoms with Gasteiger partial charge in [0, 0.05) is 36.3 Å². The monoisotopic (exact) mass is 240 g/mol. The lowest BCUT2D eigenvalue weighted by Gasteiger charge is -2.27. The van der Waals surface area contributed by atoms with E-state index < -0.39 is 0 Å². The molecule has 1 fully saturated rings. The summed E-state index contributed by atoms with van der Waals surface area (Å²) in [6.07, 6.45) is 0. The maximum Gasteiger partial charge on any atom is 0.0436 e. The van der Waals surface area contributed by atoms with E-state index >= 15 is 0 Å². The minimum Gasteiger partial charge on any atom is -0.385 e. The van der Waals surface area contributed by atoms with Gasteiger partial charge in [0.2, 0.25) is 0 Å². The molecule has 1 aromatic carbocycles. The Hall–Kier alpha value is -0.730. The van der Waals surface area contributed by atoms with Crippen LogP contribution in [-0.4, -0.2) is 19.6 Å². The zero-order valence-corrected chi connectivity index (χ0v) is 11.1. The van der Waals surface area contributed by atoms with Crippen molar-refractivity contribution < 1.29 is 0 Å². The minimum atomic E-state index is 0.783. The number of anilines is 1. The van der Waals surface area contributed by atoms with Crippen molar-refractivity contribution in [2.24, 2.45) is 5.92 Å². The third-order valence-electron chi connectivity index (χ3n) is 2.62. The average Bonchev–Trinajstić information content (AvgIpc) is 2.24. The van der Waals surface area contributed by atoms with Crippen molar-refractivity contribution >= 4 is 17.3 Å². The number of nitrogens with one attached hydrogen (secondary N) is 2. The Bertz CT molecular complexity index is 322. The van der Waals surface area contributed by atoms with Gasteiger partial charge in [0.25, 0.3) is 0 Å². The molecule has 0 saturated carbocycles. The number of hydrogen-bond donors (Lipinski definition) is 2. The van der Waals surface area contributed by atoms with Gasteiger partial charge in [0.1, 0.15) is 0 Å². The maximum absolute atomic E-state index is 5.94. The molecule has 0 bridgehead atoms. The van der Waals surface area contributed by atoms with Crippen molar-refractivity contribution in [3.63, 3.8) is 0 Å². The molecule has 1 saturated heterocycles. The van der Waals surface area contributed by atoms with Crippen LogP contribution in [-0.2, 0) is 0 Å². The largest absolute Gasteiger partial charge is 0.385 e.